The summed E-state index contributed by atoms with van der Waals surface area (Å²) < 4.78 is 1.70. The molecule has 3 heteroatoms. The molecule has 0 spiro atoms. The van der Waals surface area contributed by atoms with Crippen LogP contribution in [0, 0.1) is 18.3 Å². The molecule has 27 heavy (non-hydrogen) atoms. The molecule has 0 saturated heterocycles. The van der Waals surface area contributed by atoms with Crippen LogP contribution >= 0.6 is 0 Å². The van der Waals surface area contributed by atoms with E-state index >= 15 is 0 Å². The van der Waals surface area contributed by atoms with Crippen molar-refractivity contribution in [1.29, 1.82) is 5.26 Å². The number of nitrogens with zero attached hydrogens (tertiary/aromatic N) is 2. The molecular weight excluding hydrogens is 332 g/mol. The Labute approximate surface area is 157 Å². The van der Waals surface area contributed by atoms with Crippen LogP contribution in [0.25, 0.3) is 22.0 Å². The number of aromatic nitrogens is 1. The van der Waals surface area contributed by atoms with Crippen LogP contribution < -0.4 is 5.56 Å². The average Bonchev–Trinajstić information content (AvgIpc) is 2.71. The van der Waals surface area contributed by atoms with Gasteiger partial charge in [0.15, 0.2) is 0 Å². The lowest BCUT2D eigenvalue weighted by molar-refractivity contribution is 0.792. The van der Waals surface area contributed by atoms with Crippen molar-refractivity contribution in [3.8, 4) is 17.2 Å². The van der Waals surface area contributed by atoms with Gasteiger partial charge in [0.05, 0.1) is 12.1 Å². The van der Waals surface area contributed by atoms with Crippen LogP contribution in [0.1, 0.15) is 16.7 Å². The number of aryl methyl sites for hydroxylation is 1. The number of para-hydroxylation sites is 1. The highest BCUT2D eigenvalue weighted by molar-refractivity contribution is 5.97. The Balaban J connectivity index is 2.04. The van der Waals surface area contributed by atoms with Gasteiger partial charge in [-0.25, -0.2) is 0 Å². The molecule has 3 nitrogen and oxygen atoms in total. The molecule has 0 amide bonds. The number of hydrogen-bond acceptors (Lipinski definition) is 2. The molecule has 0 aliphatic heterocycles. The predicted octanol–water partition coefficient (Wildman–Crippen LogP) is 4.90. The molecule has 4 aromatic rings. The van der Waals surface area contributed by atoms with E-state index in [4.69, 9.17) is 0 Å². The monoisotopic (exact) mass is 350 g/mol. The first-order chi connectivity index (χ1) is 13.2. The van der Waals surface area contributed by atoms with Crippen molar-refractivity contribution in [3.05, 3.63) is 106 Å². The summed E-state index contributed by atoms with van der Waals surface area (Å²) in [6, 6.07) is 27.7. The van der Waals surface area contributed by atoms with E-state index in [1.165, 1.54) is 0 Å². The summed E-state index contributed by atoms with van der Waals surface area (Å²) in [7, 11) is 0. The minimum Gasteiger partial charge on any atom is -0.303 e. The lowest BCUT2D eigenvalue weighted by Gasteiger charge is -2.16. The first-order valence-corrected chi connectivity index (χ1v) is 8.85. The fraction of sp³-hybridized carbons (Fsp3) is 0.0833. The second kappa shape index (κ2) is 6.93. The summed E-state index contributed by atoms with van der Waals surface area (Å²) in [5, 5.41) is 10.7. The standard InChI is InChI=1S/C24H18N2O/c1-17-11-13-19(14-12-17)23-20-9-5-6-10-22(20)26(24(27)21(23)15-25)16-18-7-3-2-4-8-18/h2-14H,16H2,1H3. The summed E-state index contributed by atoms with van der Waals surface area (Å²) in [6.07, 6.45) is 0. The summed E-state index contributed by atoms with van der Waals surface area (Å²) in [6.45, 7) is 2.45. The van der Waals surface area contributed by atoms with Crippen molar-refractivity contribution in [2.24, 2.45) is 0 Å². The highest BCUT2D eigenvalue weighted by Crippen LogP contribution is 2.30. The minimum atomic E-state index is -0.254. The zero-order chi connectivity index (χ0) is 18.8. The normalized spacial score (nSPS) is 10.7. The molecule has 0 aliphatic carbocycles. The van der Waals surface area contributed by atoms with E-state index in [0.717, 1.165) is 27.6 Å². The third-order valence-corrected chi connectivity index (χ3v) is 4.81. The first kappa shape index (κ1) is 16.8. The van der Waals surface area contributed by atoms with E-state index in [9.17, 15) is 10.1 Å². The zero-order valence-electron chi connectivity index (χ0n) is 15.0. The molecule has 130 valence electrons. The lowest BCUT2D eigenvalue weighted by Crippen LogP contribution is -2.24. The first-order valence-electron chi connectivity index (χ1n) is 8.85. The van der Waals surface area contributed by atoms with Gasteiger partial charge in [-0.3, -0.25) is 4.79 Å². The Morgan fingerprint density at radius 1 is 0.889 bits per heavy atom. The highest BCUT2D eigenvalue weighted by atomic mass is 16.1. The van der Waals surface area contributed by atoms with E-state index in [1.54, 1.807) is 4.57 Å². The molecule has 1 aromatic heterocycles. The van der Waals surface area contributed by atoms with Crippen LogP contribution in [0.4, 0.5) is 0 Å². The third-order valence-electron chi connectivity index (χ3n) is 4.81. The molecule has 0 unspecified atom stereocenters. The van der Waals surface area contributed by atoms with Crippen molar-refractivity contribution >= 4 is 10.9 Å². The lowest BCUT2D eigenvalue weighted by atomic mass is 9.95. The molecule has 0 bridgehead atoms. The van der Waals surface area contributed by atoms with Crippen LogP contribution in [0.2, 0.25) is 0 Å². The molecule has 0 saturated carbocycles. The van der Waals surface area contributed by atoms with Gasteiger partial charge in [0, 0.05) is 10.9 Å². The van der Waals surface area contributed by atoms with E-state index < -0.39 is 0 Å². The molecule has 1 heterocycles. The summed E-state index contributed by atoms with van der Waals surface area (Å²) in [4.78, 5) is 13.2. The van der Waals surface area contributed by atoms with Crippen LogP contribution in [0.3, 0.4) is 0 Å². The van der Waals surface area contributed by atoms with Crippen molar-refractivity contribution in [2.75, 3.05) is 0 Å². The van der Waals surface area contributed by atoms with Gasteiger partial charge in [0.2, 0.25) is 0 Å². The smallest absolute Gasteiger partial charge is 0.269 e. The quantitative estimate of drug-likeness (QED) is 0.528. The highest BCUT2D eigenvalue weighted by Gasteiger charge is 2.18. The van der Waals surface area contributed by atoms with Gasteiger partial charge in [-0.05, 0) is 24.1 Å². The Morgan fingerprint density at radius 3 is 2.26 bits per heavy atom. The zero-order valence-corrected chi connectivity index (χ0v) is 15.0. The Morgan fingerprint density at radius 2 is 1.56 bits per heavy atom. The SMILES string of the molecule is Cc1ccc(-c2c(C#N)c(=O)n(Cc3ccccc3)c3ccccc23)cc1. The van der Waals surface area contributed by atoms with E-state index in [1.807, 2.05) is 85.8 Å². The van der Waals surface area contributed by atoms with Gasteiger partial charge in [-0.1, -0.05) is 78.4 Å². The summed E-state index contributed by atoms with van der Waals surface area (Å²) in [5.74, 6) is 0. The maximum Gasteiger partial charge on any atom is 0.269 e. The van der Waals surface area contributed by atoms with Crippen molar-refractivity contribution in [1.82, 2.24) is 4.57 Å². The fourth-order valence-corrected chi connectivity index (χ4v) is 3.45. The molecule has 0 N–H and O–H groups in total. The number of benzene rings is 3. The average molecular weight is 350 g/mol. The van der Waals surface area contributed by atoms with Gasteiger partial charge in [-0.2, -0.15) is 5.26 Å². The second-order valence-electron chi connectivity index (χ2n) is 6.62. The van der Waals surface area contributed by atoms with Crippen molar-refractivity contribution in [3.63, 3.8) is 0 Å². The third kappa shape index (κ3) is 3.02. The maximum atomic E-state index is 13.2. The van der Waals surface area contributed by atoms with Gasteiger partial charge >= 0.3 is 0 Å². The molecule has 4 rings (SSSR count). The minimum absolute atomic E-state index is 0.188. The Hall–Kier alpha value is -3.64. The molecule has 3 aromatic carbocycles. The Kier molecular flexibility index (Phi) is 4.32. The number of pyridine rings is 1. The van der Waals surface area contributed by atoms with Gasteiger partial charge in [0.1, 0.15) is 11.6 Å². The number of hydrogen-bond donors (Lipinski definition) is 0. The van der Waals surface area contributed by atoms with Crippen molar-refractivity contribution in [2.45, 2.75) is 13.5 Å². The Bertz CT molecular complexity index is 1210. The van der Waals surface area contributed by atoms with Gasteiger partial charge in [-0.15, -0.1) is 0 Å². The topological polar surface area (TPSA) is 45.8 Å². The number of rotatable bonds is 3. The number of fused-ring (bicyclic) bond motifs is 1. The fourth-order valence-electron chi connectivity index (χ4n) is 3.45. The number of nitriles is 1. The van der Waals surface area contributed by atoms with Gasteiger partial charge < -0.3 is 4.57 Å². The van der Waals surface area contributed by atoms with Crippen LogP contribution in [0.15, 0.2) is 83.7 Å². The van der Waals surface area contributed by atoms with Crippen LogP contribution in [-0.2, 0) is 6.54 Å². The second-order valence-corrected chi connectivity index (χ2v) is 6.62. The molecule has 0 atom stereocenters. The van der Waals surface area contributed by atoms with Crippen LogP contribution in [-0.4, -0.2) is 4.57 Å². The summed E-state index contributed by atoms with van der Waals surface area (Å²) >= 11 is 0. The van der Waals surface area contributed by atoms with E-state index in [2.05, 4.69) is 6.07 Å². The van der Waals surface area contributed by atoms with Gasteiger partial charge in [0.25, 0.3) is 5.56 Å². The van der Waals surface area contributed by atoms with Crippen LogP contribution in [0.5, 0.6) is 0 Å². The summed E-state index contributed by atoms with van der Waals surface area (Å²) in [5.41, 5.74) is 4.53. The molecule has 0 fully saturated rings. The molecule has 0 aliphatic rings. The predicted molar refractivity (Wildman–Crippen MR) is 109 cm³/mol. The van der Waals surface area contributed by atoms with E-state index in [-0.39, 0.29) is 11.1 Å². The largest absolute Gasteiger partial charge is 0.303 e. The van der Waals surface area contributed by atoms with E-state index in [0.29, 0.717) is 12.1 Å². The maximum absolute atomic E-state index is 13.2. The van der Waals surface area contributed by atoms with Crippen molar-refractivity contribution < 1.29 is 0 Å². The molecule has 0 radical (unpaired) electrons. The molecular formula is C24H18N2O.